The molecule has 8 nitrogen and oxygen atoms in total. The molecule has 4 aliphatic rings. The molecule has 1 aromatic rings. The average Bonchev–Trinajstić information content (AvgIpc) is 3.57. The van der Waals surface area contributed by atoms with E-state index < -0.39 is 0 Å². The Morgan fingerprint density at radius 1 is 0.964 bits per heavy atom. The minimum Gasteiger partial charge on any atom is -0.365 e. The maximum absolute atomic E-state index is 12.4. The Morgan fingerprint density at radius 2 is 1.64 bits per heavy atom. The third-order valence-corrected chi connectivity index (χ3v) is 4.84. The van der Waals surface area contributed by atoms with E-state index in [1.165, 1.54) is 6.08 Å². The number of rotatable bonds is 7. The molecule has 0 bridgehead atoms. The van der Waals surface area contributed by atoms with Crippen molar-refractivity contribution < 1.29 is 9.59 Å². The molecule has 0 radical (unpaired) electrons. The van der Waals surface area contributed by atoms with Gasteiger partial charge in [0.2, 0.25) is 11.6 Å². The molecule has 0 amide bonds. The van der Waals surface area contributed by atoms with Crippen LogP contribution in [0.25, 0.3) is 0 Å². The van der Waals surface area contributed by atoms with E-state index in [9.17, 15) is 9.59 Å². The molecule has 3 N–H and O–H groups in total. The number of aromatic nitrogens is 1. The van der Waals surface area contributed by atoms with Crippen LogP contribution in [0, 0.1) is 0 Å². The third kappa shape index (κ3) is 4.40. The first-order valence-electron chi connectivity index (χ1n) is 9.79. The van der Waals surface area contributed by atoms with Crippen LogP contribution in [0.4, 0.5) is 0 Å². The molecule has 3 fully saturated rings. The fourth-order valence-electron chi connectivity index (χ4n) is 3.10. The van der Waals surface area contributed by atoms with Crippen LogP contribution >= 0.6 is 0 Å². The van der Waals surface area contributed by atoms with Gasteiger partial charge in [-0.1, -0.05) is 6.07 Å². The average molecular weight is 382 g/mol. The van der Waals surface area contributed by atoms with Gasteiger partial charge in [-0.25, -0.2) is 0 Å². The highest BCUT2D eigenvalue weighted by molar-refractivity contribution is 6.22. The predicted molar refractivity (Wildman–Crippen MR) is 105 cm³/mol. The lowest BCUT2D eigenvalue weighted by Gasteiger charge is -2.21. The minimum atomic E-state index is 0.00546. The molecule has 0 atom stereocenters. The van der Waals surface area contributed by atoms with E-state index in [1.54, 1.807) is 6.20 Å². The Labute approximate surface area is 164 Å². The van der Waals surface area contributed by atoms with Crippen molar-refractivity contribution in [2.45, 2.75) is 6.54 Å². The number of nitrogens with one attached hydrogen (secondary N) is 1. The van der Waals surface area contributed by atoms with Crippen LogP contribution < -0.4 is 11.1 Å². The van der Waals surface area contributed by atoms with E-state index in [4.69, 9.17) is 5.73 Å². The molecule has 4 heterocycles. The van der Waals surface area contributed by atoms with Crippen molar-refractivity contribution in [2.24, 2.45) is 5.73 Å². The van der Waals surface area contributed by atoms with Crippen LogP contribution in [0.2, 0.25) is 0 Å². The zero-order valence-corrected chi connectivity index (χ0v) is 15.9. The highest BCUT2D eigenvalue weighted by Gasteiger charge is 2.43. The summed E-state index contributed by atoms with van der Waals surface area (Å²) in [6.07, 6.45) is 3.31. The molecule has 3 saturated heterocycles. The van der Waals surface area contributed by atoms with Crippen LogP contribution in [0.5, 0.6) is 0 Å². The monoisotopic (exact) mass is 382 g/mol. The van der Waals surface area contributed by atoms with Crippen LogP contribution in [0.15, 0.2) is 47.6 Å². The van der Waals surface area contributed by atoms with Gasteiger partial charge in [0, 0.05) is 71.2 Å². The van der Waals surface area contributed by atoms with Gasteiger partial charge < -0.3 is 25.8 Å². The lowest BCUT2D eigenvalue weighted by Crippen LogP contribution is -2.29. The predicted octanol–water partition coefficient (Wildman–Crippen LogP) is -0.690. The smallest absolute Gasteiger partial charge is 0.227 e. The summed E-state index contributed by atoms with van der Waals surface area (Å²) in [6, 6.07) is 5.88. The first-order chi connectivity index (χ1) is 13.7. The molecule has 28 heavy (non-hydrogen) atoms. The number of allylic oxidation sites excluding steroid dienone is 1. The normalized spacial score (nSPS) is 20.0. The van der Waals surface area contributed by atoms with E-state index >= 15 is 0 Å². The standard InChI is InChI=1S/C12H13N3O2.C8H13N3/c16-9-7-8(13-1-2-13)12(17)11(15-5-6-15)10(9)14-3-4-14;9-4-6-10-7-8-3-1-2-5-11-8/h7H,1-6H2;1-3,5,10H,4,6-7,9H2. The highest BCUT2D eigenvalue weighted by Crippen LogP contribution is 2.33. The molecule has 0 unspecified atom stereocenters. The number of Topliss-reactive ketones (excluding diaryl/α,β-unsaturated/α-hetero) is 1. The topological polar surface area (TPSA) is 94.1 Å². The van der Waals surface area contributed by atoms with Gasteiger partial charge in [-0.2, -0.15) is 0 Å². The summed E-state index contributed by atoms with van der Waals surface area (Å²) >= 11 is 0. The van der Waals surface area contributed by atoms with Crippen LogP contribution in [-0.4, -0.2) is 83.6 Å². The van der Waals surface area contributed by atoms with Crippen molar-refractivity contribution in [3.63, 3.8) is 0 Å². The van der Waals surface area contributed by atoms with Crippen molar-refractivity contribution in [3.05, 3.63) is 53.3 Å². The van der Waals surface area contributed by atoms with Crippen molar-refractivity contribution >= 4 is 11.6 Å². The largest absolute Gasteiger partial charge is 0.365 e. The summed E-state index contributed by atoms with van der Waals surface area (Å²) in [4.78, 5) is 34.6. The number of hydrogen-bond donors (Lipinski definition) is 2. The molecule has 1 aliphatic carbocycles. The second-order valence-electron chi connectivity index (χ2n) is 7.17. The van der Waals surface area contributed by atoms with Gasteiger partial charge in [0.05, 0.1) is 11.4 Å². The second-order valence-corrected chi connectivity index (χ2v) is 7.17. The van der Waals surface area contributed by atoms with Crippen LogP contribution in [0.3, 0.4) is 0 Å². The summed E-state index contributed by atoms with van der Waals surface area (Å²) in [7, 11) is 0. The number of carbonyl (C=O) groups excluding carboxylic acids is 2. The molecule has 8 heteroatoms. The fraction of sp³-hybridized carbons (Fsp3) is 0.450. The number of hydrogen-bond acceptors (Lipinski definition) is 8. The number of nitrogens with zero attached hydrogens (tertiary/aromatic N) is 4. The van der Waals surface area contributed by atoms with Crippen molar-refractivity contribution in [1.82, 2.24) is 25.0 Å². The van der Waals surface area contributed by atoms with Gasteiger partial charge >= 0.3 is 0 Å². The molecule has 1 aromatic heterocycles. The summed E-state index contributed by atoms with van der Waals surface area (Å²) in [5, 5.41) is 3.16. The van der Waals surface area contributed by atoms with E-state index in [-0.39, 0.29) is 11.6 Å². The summed E-state index contributed by atoms with van der Waals surface area (Å²) in [5.74, 6) is 0.0485. The molecule has 0 spiro atoms. The Kier molecular flexibility index (Phi) is 5.40. The maximum atomic E-state index is 12.4. The molecular weight excluding hydrogens is 356 g/mol. The number of pyridine rings is 1. The van der Waals surface area contributed by atoms with E-state index in [2.05, 4.69) is 10.3 Å². The third-order valence-electron chi connectivity index (χ3n) is 4.84. The summed E-state index contributed by atoms with van der Waals surface area (Å²) in [5.41, 5.74) is 8.25. The zero-order chi connectivity index (χ0) is 19.5. The molecule has 0 aromatic carbocycles. The summed E-state index contributed by atoms with van der Waals surface area (Å²) in [6.45, 7) is 7.73. The Balaban J connectivity index is 0.000000153. The molecular formula is C20H26N6O2. The molecule has 0 saturated carbocycles. The van der Waals surface area contributed by atoms with Gasteiger partial charge in [0.15, 0.2) is 0 Å². The Morgan fingerprint density at radius 3 is 2.21 bits per heavy atom. The van der Waals surface area contributed by atoms with E-state index in [0.717, 1.165) is 58.1 Å². The first-order valence-corrected chi connectivity index (χ1v) is 9.79. The fourth-order valence-corrected chi connectivity index (χ4v) is 3.10. The van der Waals surface area contributed by atoms with Crippen LogP contribution in [0.1, 0.15) is 5.69 Å². The van der Waals surface area contributed by atoms with Gasteiger partial charge in [0.1, 0.15) is 11.4 Å². The molecule has 5 rings (SSSR count). The quantitative estimate of drug-likeness (QED) is 0.364. The van der Waals surface area contributed by atoms with Gasteiger partial charge in [0.25, 0.3) is 0 Å². The van der Waals surface area contributed by atoms with E-state index in [0.29, 0.717) is 23.6 Å². The van der Waals surface area contributed by atoms with Crippen molar-refractivity contribution in [1.29, 1.82) is 0 Å². The number of nitrogens with two attached hydrogens (primary N) is 1. The van der Waals surface area contributed by atoms with Crippen molar-refractivity contribution in [2.75, 3.05) is 52.4 Å². The van der Waals surface area contributed by atoms with Gasteiger partial charge in [-0.15, -0.1) is 0 Å². The number of carbonyl (C=O) groups is 2. The highest BCUT2D eigenvalue weighted by atomic mass is 16.1. The zero-order valence-electron chi connectivity index (χ0n) is 15.9. The van der Waals surface area contributed by atoms with Gasteiger partial charge in [-0.05, 0) is 12.1 Å². The number of ketones is 2. The Hall–Kier alpha value is -2.71. The SMILES string of the molecule is NCCNCc1ccccn1.O=C1C=C(N2CC2)C(=O)C(N2CC2)=C1N1CC1. The summed E-state index contributed by atoms with van der Waals surface area (Å²) < 4.78 is 0. The van der Waals surface area contributed by atoms with Crippen LogP contribution in [-0.2, 0) is 16.1 Å². The van der Waals surface area contributed by atoms with E-state index in [1.807, 2.05) is 32.9 Å². The minimum absolute atomic E-state index is 0.00546. The molecule has 3 aliphatic heterocycles. The Bertz CT molecular complexity index is 807. The lowest BCUT2D eigenvalue weighted by molar-refractivity contribution is -0.117. The first kappa shape index (κ1) is 18.6. The molecule has 148 valence electrons. The lowest BCUT2D eigenvalue weighted by atomic mass is 10.0. The van der Waals surface area contributed by atoms with Gasteiger partial charge in [-0.3, -0.25) is 14.6 Å². The second kappa shape index (κ2) is 8.12. The van der Waals surface area contributed by atoms with Crippen molar-refractivity contribution in [3.8, 4) is 0 Å². The maximum Gasteiger partial charge on any atom is 0.227 e.